The van der Waals surface area contributed by atoms with E-state index in [-0.39, 0.29) is 5.92 Å². The van der Waals surface area contributed by atoms with E-state index >= 15 is 0 Å². The van der Waals surface area contributed by atoms with E-state index in [9.17, 15) is 8.42 Å². The SMILES string of the molecule is CC(C)c1nnc(N2CCN(S(=O)(=O)N(C)C)CC2)o1. The van der Waals surface area contributed by atoms with Crippen LogP contribution < -0.4 is 4.90 Å². The second kappa shape index (κ2) is 5.66. The molecule has 2 heterocycles. The normalized spacial score (nSPS) is 18.2. The number of hydrogen-bond acceptors (Lipinski definition) is 6. The number of hydrogen-bond donors (Lipinski definition) is 0. The van der Waals surface area contributed by atoms with E-state index in [1.54, 1.807) is 0 Å². The summed E-state index contributed by atoms with van der Waals surface area (Å²) in [6, 6.07) is 0.468. The average Bonchev–Trinajstić information content (AvgIpc) is 2.88. The number of piperazine rings is 1. The van der Waals surface area contributed by atoms with Crippen molar-refractivity contribution < 1.29 is 12.8 Å². The maximum absolute atomic E-state index is 12.0. The molecule has 8 nitrogen and oxygen atoms in total. The van der Waals surface area contributed by atoms with Gasteiger partial charge in [-0.05, 0) is 0 Å². The maximum Gasteiger partial charge on any atom is 0.318 e. The maximum atomic E-state index is 12.0. The summed E-state index contributed by atoms with van der Waals surface area (Å²) in [5.41, 5.74) is 0. The van der Waals surface area contributed by atoms with Crippen molar-refractivity contribution in [2.45, 2.75) is 19.8 Å². The topological polar surface area (TPSA) is 82.8 Å². The number of rotatable bonds is 4. The number of aromatic nitrogens is 2. The van der Waals surface area contributed by atoms with Gasteiger partial charge in [-0.25, -0.2) is 0 Å². The zero-order chi connectivity index (χ0) is 14.9. The van der Waals surface area contributed by atoms with Crippen LogP contribution in [0.5, 0.6) is 0 Å². The van der Waals surface area contributed by atoms with Gasteiger partial charge in [0.15, 0.2) is 0 Å². The van der Waals surface area contributed by atoms with Gasteiger partial charge in [0.2, 0.25) is 5.89 Å². The predicted molar refractivity (Wildman–Crippen MR) is 74.8 cm³/mol. The third kappa shape index (κ3) is 2.94. The summed E-state index contributed by atoms with van der Waals surface area (Å²) in [5.74, 6) is 0.787. The fourth-order valence-electron chi connectivity index (χ4n) is 1.93. The molecule has 0 bridgehead atoms. The monoisotopic (exact) mass is 303 g/mol. The second-order valence-corrected chi connectivity index (χ2v) is 7.40. The van der Waals surface area contributed by atoms with Gasteiger partial charge in [0, 0.05) is 46.2 Å². The van der Waals surface area contributed by atoms with Crippen LogP contribution in [0, 0.1) is 0 Å². The van der Waals surface area contributed by atoms with Crippen molar-refractivity contribution in [3.8, 4) is 0 Å². The van der Waals surface area contributed by atoms with Crippen molar-refractivity contribution in [3.05, 3.63) is 5.89 Å². The van der Waals surface area contributed by atoms with Gasteiger partial charge in [-0.2, -0.15) is 17.0 Å². The minimum absolute atomic E-state index is 0.187. The molecule has 0 aromatic carbocycles. The van der Waals surface area contributed by atoms with E-state index < -0.39 is 10.2 Å². The van der Waals surface area contributed by atoms with Crippen molar-refractivity contribution in [1.82, 2.24) is 18.8 Å². The zero-order valence-corrected chi connectivity index (χ0v) is 13.1. The van der Waals surface area contributed by atoms with E-state index in [0.717, 1.165) is 0 Å². The molecule has 9 heteroatoms. The Kier molecular flexibility index (Phi) is 4.31. The number of anilines is 1. The third-order valence-electron chi connectivity index (χ3n) is 3.22. The van der Waals surface area contributed by atoms with Crippen LogP contribution in [-0.2, 0) is 10.2 Å². The molecule has 1 aliphatic rings. The third-order valence-corrected chi connectivity index (χ3v) is 5.16. The Labute approximate surface area is 119 Å². The first-order valence-corrected chi connectivity index (χ1v) is 7.98. The van der Waals surface area contributed by atoms with Crippen LogP contribution in [0.15, 0.2) is 4.42 Å². The van der Waals surface area contributed by atoms with Crippen LogP contribution in [0.4, 0.5) is 6.01 Å². The van der Waals surface area contributed by atoms with Gasteiger partial charge in [0.25, 0.3) is 10.2 Å². The van der Waals surface area contributed by atoms with Crippen molar-refractivity contribution in [2.75, 3.05) is 45.2 Å². The van der Waals surface area contributed by atoms with Gasteiger partial charge >= 0.3 is 6.01 Å². The minimum Gasteiger partial charge on any atom is -0.408 e. The summed E-state index contributed by atoms with van der Waals surface area (Å²) in [4.78, 5) is 1.92. The summed E-state index contributed by atoms with van der Waals surface area (Å²) in [7, 11) is -0.268. The highest BCUT2D eigenvalue weighted by molar-refractivity contribution is 7.86. The molecule has 1 fully saturated rings. The molecule has 0 saturated carbocycles. The molecule has 1 aromatic heterocycles. The highest BCUT2D eigenvalue weighted by Crippen LogP contribution is 2.20. The van der Waals surface area contributed by atoms with Crippen LogP contribution in [0.2, 0.25) is 0 Å². The van der Waals surface area contributed by atoms with E-state index in [1.807, 2.05) is 18.7 Å². The summed E-state index contributed by atoms with van der Waals surface area (Å²) < 4.78 is 32.3. The highest BCUT2D eigenvalue weighted by atomic mass is 32.2. The lowest BCUT2D eigenvalue weighted by Crippen LogP contribution is -2.51. The Bertz CT molecular complexity index is 546. The zero-order valence-electron chi connectivity index (χ0n) is 12.3. The lowest BCUT2D eigenvalue weighted by molar-refractivity contribution is 0.344. The first kappa shape index (κ1) is 15.2. The van der Waals surface area contributed by atoms with Crippen molar-refractivity contribution >= 4 is 16.2 Å². The second-order valence-electron chi connectivity index (χ2n) is 5.25. The fraction of sp³-hybridized carbons (Fsp3) is 0.818. The molecular weight excluding hydrogens is 282 g/mol. The van der Waals surface area contributed by atoms with Gasteiger partial charge in [0.1, 0.15) is 0 Å². The van der Waals surface area contributed by atoms with Gasteiger partial charge in [-0.1, -0.05) is 18.9 Å². The Morgan fingerprint density at radius 3 is 2.20 bits per heavy atom. The first-order valence-electron chi connectivity index (χ1n) is 6.58. The molecule has 0 unspecified atom stereocenters. The molecule has 0 N–H and O–H groups in total. The van der Waals surface area contributed by atoms with Crippen molar-refractivity contribution in [3.63, 3.8) is 0 Å². The molecule has 1 saturated heterocycles. The Hall–Kier alpha value is -1.19. The van der Waals surface area contributed by atoms with Gasteiger partial charge in [-0.3, -0.25) is 0 Å². The molecule has 1 aliphatic heterocycles. The molecule has 0 radical (unpaired) electrons. The molecule has 20 heavy (non-hydrogen) atoms. The summed E-state index contributed by atoms with van der Waals surface area (Å²) in [6.45, 7) is 5.90. The van der Waals surface area contributed by atoms with Crippen molar-refractivity contribution in [1.29, 1.82) is 0 Å². The Balaban J connectivity index is 2.01. The fourth-order valence-corrected chi connectivity index (χ4v) is 3.02. The Morgan fingerprint density at radius 1 is 1.15 bits per heavy atom. The average molecular weight is 303 g/mol. The van der Waals surface area contributed by atoms with Crippen LogP contribution >= 0.6 is 0 Å². The Morgan fingerprint density at radius 2 is 1.75 bits per heavy atom. The number of nitrogens with zero attached hydrogens (tertiary/aromatic N) is 5. The quantitative estimate of drug-likeness (QED) is 0.786. The van der Waals surface area contributed by atoms with E-state index in [4.69, 9.17) is 4.42 Å². The van der Waals surface area contributed by atoms with Crippen molar-refractivity contribution in [2.24, 2.45) is 0 Å². The van der Waals surface area contributed by atoms with Crippen LogP contribution in [0.3, 0.4) is 0 Å². The minimum atomic E-state index is -3.34. The van der Waals surface area contributed by atoms with E-state index in [2.05, 4.69) is 10.2 Å². The predicted octanol–water partition coefficient (Wildman–Crippen LogP) is 0.121. The highest BCUT2D eigenvalue weighted by Gasteiger charge is 2.30. The molecule has 0 aliphatic carbocycles. The molecule has 0 amide bonds. The van der Waals surface area contributed by atoms with Crippen LogP contribution in [-0.4, -0.2) is 67.5 Å². The lowest BCUT2D eigenvalue weighted by Gasteiger charge is -2.34. The van der Waals surface area contributed by atoms with Gasteiger partial charge in [0.05, 0.1) is 0 Å². The van der Waals surface area contributed by atoms with E-state index in [1.165, 1.54) is 22.7 Å². The first-order chi connectivity index (χ1) is 9.32. The molecule has 1 aromatic rings. The van der Waals surface area contributed by atoms with Crippen LogP contribution in [0.1, 0.15) is 25.7 Å². The van der Waals surface area contributed by atoms with Gasteiger partial charge < -0.3 is 9.32 Å². The summed E-state index contributed by atoms with van der Waals surface area (Å²) in [6.07, 6.45) is 0. The molecule has 0 spiro atoms. The van der Waals surface area contributed by atoms with Crippen LogP contribution in [0.25, 0.3) is 0 Å². The molecular formula is C11H21N5O3S. The molecule has 0 atom stereocenters. The molecule has 114 valence electrons. The largest absolute Gasteiger partial charge is 0.408 e. The summed E-state index contributed by atoms with van der Waals surface area (Å²) >= 11 is 0. The smallest absolute Gasteiger partial charge is 0.318 e. The lowest BCUT2D eigenvalue weighted by atomic mass is 10.2. The summed E-state index contributed by atoms with van der Waals surface area (Å²) in [5, 5.41) is 8.00. The van der Waals surface area contributed by atoms with E-state index in [0.29, 0.717) is 38.1 Å². The standard InChI is InChI=1S/C11H21N5O3S/c1-9(2)10-12-13-11(19-10)15-5-7-16(8-6-15)20(17,18)14(3)4/h9H,5-8H2,1-4H3. The molecule has 2 rings (SSSR count). The van der Waals surface area contributed by atoms with Gasteiger partial charge in [-0.15, -0.1) is 5.10 Å².